The first-order chi connectivity index (χ1) is 8.45. The molecule has 0 aromatic heterocycles. The quantitative estimate of drug-likeness (QED) is 0.863. The summed E-state index contributed by atoms with van der Waals surface area (Å²) in [5.41, 5.74) is 1.58. The highest BCUT2D eigenvalue weighted by atomic mass is 16.3. The van der Waals surface area contributed by atoms with E-state index in [1.165, 1.54) is 0 Å². The molecule has 2 N–H and O–H groups in total. The van der Waals surface area contributed by atoms with Gasteiger partial charge in [0.2, 0.25) is 0 Å². The molecular weight excluding hydrogens is 228 g/mol. The highest BCUT2D eigenvalue weighted by molar-refractivity contribution is 5.89. The Labute approximate surface area is 109 Å². The average molecular weight is 250 g/mol. The summed E-state index contributed by atoms with van der Waals surface area (Å²) < 4.78 is 0. The largest absolute Gasteiger partial charge is 0.389 e. The first-order valence-corrected chi connectivity index (χ1v) is 6.31. The van der Waals surface area contributed by atoms with Crippen LogP contribution in [0.5, 0.6) is 0 Å². The van der Waals surface area contributed by atoms with Crippen molar-refractivity contribution >= 4 is 11.7 Å². The van der Waals surface area contributed by atoms with Gasteiger partial charge < -0.3 is 15.3 Å². The zero-order chi connectivity index (χ0) is 13.7. The lowest BCUT2D eigenvalue weighted by Crippen LogP contribution is -2.39. The summed E-state index contributed by atoms with van der Waals surface area (Å²) in [5.74, 6) is 0. The molecule has 0 spiro atoms. The van der Waals surface area contributed by atoms with Crippen LogP contribution in [-0.4, -0.2) is 28.6 Å². The molecule has 100 valence electrons. The smallest absolute Gasteiger partial charge is 0.322 e. The van der Waals surface area contributed by atoms with Crippen LogP contribution in [0.1, 0.15) is 39.4 Å². The second-order valence-electron chi connectivity index (χ2n) is 4.61. The van der Waals surface area contributed by atoms with E-state index < -0.39 is 6.10 Å². The van der Waals surface area contributed by atoms with Crippen molar-refractivity contribution in [3.05, 3.63) is 29.8 Å². The molecule has 0 fully saturated rings. The molecule has 1 rings (SSSR count). The molecule has 0 bridgehead atoms. The molecule has 0 saturated heterocycles. The fraction of sp³-hybridized carbons (Fsp3) is 0.500. The third-order valence-electron chi connectivity index (χ3n) is 2.87. The molecule has 1 unspecified atom stereocenters. The lowest BCUT2D eigenvalue weighted by Gasteiger charge is -2.25. The molecule has 0 aliphatic rings. The fourth-order valence-electron chi connectivity index (χ4n) is 1.78. The number of nitrogens with one attached hydrogen (secondary N) is 1. The third-order valence-corrected chi connectivity index (χ3v) is 2.87. The number of benzene rings is 1. The maximum Gasteiger partial charge on any atom is 0.322 e. The van der Waals surface area contributed by atoms with E-state index in [0.29, 0.717) is 6.54 Å². The van der Waals surface area contributed by atoms with Gasteiger partial charge in [0.1, 0.15) is 0 Å². The van der Waals surface area contributed by atoms with Gasteiger partial charge in [0.15, 0.2) is 0 Å². The Balaban J connectivity index is 2.70. The lowest BCUT2D eigenvalue weighted by atomic mass is 10.1. The average Bonchev–Trinajstić information content (AvgIpc) is 2.29. The van der Waals surface area contributed by atoms with Gasteiger partial charge in [0.25, 0.3) is 0 Å². The third kappa shape index (κ3) is 3.74. The van der Waals surface area contributed by atoms with Crippen LogP contribution in [0.15, 0.2) is 24.3 Å². The molecule has 0 aliphatic carbocycles. The molecule has 0 aliphatic heterocycles. The van der Waals surface area contributed by atoms with E-state index in [1.54, 1.807) is 24.0 Å². The van der Waals surface area contributed by atoms with Crippen molar-refractivity contribution in [1.29, 1.82) is 0 Å². The highest BCUT2D eigenvalue weighted by Gasteiger charge is 2.14. The first kappa shape index (κ1) is 14.5. The van der Waals surface area contributed by atoms with Crippen LogP contribution in [0, 0.1) is 0 Å². The van der Waals surface area contributed by atoms with E-state index in [4.69, 9.17) is 0 Å². The number of carbonyl (C=O) groups excluding carboxylic acids is 1. The second-order valence-corrected chi connectivity index (χ2v) is 4.61. The lowest BCUT2D eigenvalue weighted by molar-refractivity contribution is 0.199. The molecule has 1 aromatic rings. The molecule has 0 saturated carbocycles. The van der Waals surface area contributed by atoms with E-state index in [9.17, 15) is 9.90 Å². The predicted octanol–water partition coefficient (Wildman–Crippen LogP) is 3.00. The van der Waals surface area contributed by atoms with Crippen molar-refractivity contribution in [2.75, 3.05) is 11.9 Å². The van der Waals surface area contributed by atoms with Crippen LogP contribution < -0.4 is 5.32 Å². The summed E-state index contributed by atoms with van der Waals surface area (Å²) in [6, 6.07) is 7.30. The number of aliphatic hydroxyl groups excluding tert-OH is 1. The number of aliphatic hydroxyl groups is 1. The number of amides is 2. The van der Waals surface area contributed by atoms with E-state index in [0.717, 1.165) is 11.3 Å². The summed E-state index contributed by atoms with van der Waals surface area (Å²) in [7, 11) is 0. The van der Waals surface area contributed by atoms with Crippen LogP contribution in [-0.2, 0) is 0 Å². The predicted molar refractivity (Wildman–Crippen MR) is 73.6 cm³/mol. The molecule has 2 amide bonds. The standard InChI is InChI=1S/C14H22N2O2/c1-5-16(10(2)3)14(18)15-13-8-6-12(7-9-13)11(4)17/h6-11,17H,5H2,1-4H3,(H,15,18). The molecule has 4 nitrogen and oxygen atoms in total. The number of carbonyl (C=O) groups is 1. The van der Waals surface area contributed by atoms with E-state index in [2.05, 4.69) is 5.32 Å². The minimum Gasteiger partial charge on any atom is -0.389 e. The SMILES string of the molecule is CCN(C(=O)Nc1ccc(C(C)O)cc1)C(C)C. The van der Waals surface area contributed by atoms with Gasteiger partial charge in [0.05, 0.1) is 6.10 Å². The number of anilines is 1. The van der Waals surface area contributed by atoms with Gasteiger partial charge in [-0.1, -0.05) is 12.1 Å². The zero-order valence-corrected chi connectivity index (χ0v) is 11.5. The first-order valence-electron chi connectivity index (χ1n) is 6.31. The monoisotopic (exact) mass is 250 g/mol. The van der Waals surface area contributed by atoms with Crippen molar-refractivity contribution in [3.8, 4) is 0 Å². The Morgan fingerprint density at radius 1 is 1.28 bits per heavy atom. The van der Waals surface area contributed by atoms with Crippen molar-refractivity contribution in [2.24, 2.45) is 0 Å². The number of rotatable bonds is 4. The summed E-state index contributed by atoms with van der Waals surface area (Å²) in [6.45, 7) is 8.32. The molecule has 4 heteroatoms. The number of hydrogen-bond donors (Lipinski definition) is 2. The fourth-order valence-corrected chi connectivity index (χ4v) is 1.78. The number of hydrogen-bond acceptors (Lipinski definition) is 2. The minimum atomic E-state index is -0.488. The number of nitrogens with zero attached hydrogens (tertiary/aromatic N) is 1. The van der Waals surface area contributed by atoms with Gasteiger partial charge in [-0.3, -0.25) is 0 Å². The topological polar surface area (TPSA) is 52.6 Å². The van der Waals surface area contributed by atoms with Gasteiger partial charge in [-0.05, 0) is 45.4 Å². The van der Waals surface area contributed by atoms with Crippen molar-refractivity contribution < 1.29 is 9.90 Å². The Kier molecular flexibility index (Phi) is 5.16. The normalized spacial score (nSPS) is 12.3. The van der Waals surface area contributed by atoms with Crippen molar-refractivity contribution in [2.45, 2.75) is 39.8 Å². The van der Waals surface area contributed by atoms with E-state index in [1.807, 2.05) is 32.9 Å². The van der Waals surface area contributed by atoms with Crippen LogP contribution in [0.25, 0.3) is 0 Å². The minimum absolute atomic E-state index is 0.0997. The van der Waals surface area contributed by atoms with Crippen molar-refractivity contribution in [3.63, 3.8) is 0 Å². The molecular formula is C14H22N2O2. The van der Waals surface area contributed by atoms with Crippen LogP contribution >= 0.6 is 0 Å². The Bertz CT molecular complexity index is 385. The summed E-state index contributed by atoms with van der Waals surface area (Å²) in [4.78, 5) is 13.7. The molecule has 1 aromatic carbocycles. The maximum absolute atomic E-state index is 12.0. The highest BCUT2D eigenvalue weighted by Crippen LogP contribution is 2.16. The Morgan fingerprint density at radius 3 is 2.22 bits per heavy atom. The van der Waals surface area contributed by atoms with Crippen molar-refractivity contribution in [1.82, 2.24) is 4.90 Å². The Hall–Kier alpha value is -1.55. The number of urea groups is 1. The molecule has 1 atom stereocenters. The van der Waals surface area contributed by atoms with Gasteiger partial charge in [0, 0.05) is 18.3 Å². The van der Waals surface area contributed by atoms with Crippen LogP contribution in [0.2, 0.25) is 0 Å². The van der Waals surface area contributed by atoms with Gasteiger partial charge >= 0.3 is 6.03 Å². The molecule has 18 heavy (non-hydrogen) atoms. The van der Waals surface area contributed by atoms with Gasteiger partial charge in [-0.2, -0.15) is 0 Å². The van der Waals surface area contributed by atoms with Gasteiger partial charge in [-0.25, -0.2) is 4.79 Å². The summed E-state index contributed by atoms with van der Waals surface area (Å²) in [6.07, 6.45) is -0.488. The van der Waals surface area contributed by atoms with Crippen LogP contribution in [0.4, 0.5) is 10.5 Å². The molecule has 0 heterocycles. The maximum atomic E-state index is 12.0. The molecule has 0 radical (unpaired) electrons. The van der Waals surface area contributed by atoms with Crippen LogP contribution in [0.3, 0.4) is 0 Å². The summed E-state index contributed by atoms with van der Waals surface area (Å²) in [5, 5.41) is 12.2. The van der Waals surface area contributed by atoms with Gasteiger partial charge in [-0.15, -0.1) is 0 Å². The second kappa shape index (κ2) is 6.40. The van der Waals surface area contributed by atoms with E-state index in [-0.39, 0.29) is 12.1 Å². The zero-order valence-electron chi connectivity index (χ0n) is 11.5. The van der Waals surface area contributed by atoms with E-state index >= 15 is 0 Å². The summed E-state index contributed by atoms with van der Waals surface area (Å²) >= 11 is 0. The Morgan fingerprint density at radius 2 is 1.83 bits per heavy atom.